The Morgan fingerprint density at radius 1 is 1.35 bits per heavy atom. The monoisotopic (exact) mass is 337 g/mol. The highest BCUT2D eigenvalue weighted by Crippen LogP contribution is 2.15. The number of nitriles is 1. The number of oxime groups is 1. The second-order valence-corrected chi connectivity index (χ2v) is 5.36. The van der Waals surface area contributed by atoms with E-state index in [-0.39, 0.29) is 0 Å². The van der Waals surface area contributed by atoms with E-state index in [9.17, 15) is 0 Å². The number of unbranched alkanes of at least 4 members (excludes halogenated alkanes) is 1. The van der Waals surface area contributed by atoms with Gasteiger partial charge in [-0.15, -0.1) is 0 Å². The summed E-state index contributed by atoms with van der Waals surface area (Å²) in [6.45, 7) is 2.21. The molecular formula is C13H16BrN5O. The third kappa shape index (κ3) is 4.46. The zero-order valence-corrected chi connectivity index (χ0v) is 12.7. The third-order valence-electron chi connectivity index (χ3n) is 2.95. The molecule has 0 saturated carbocycles. The Hall–Kier alpha value is -1.68. The van der Waals surface area contributed by atoms with Crippen LogP contribution in [-0.4, -0.2) is 35.4 Å². The Balaban J connectivity index is 1.76. The van der Waals surface area contributed by atoms with Gasteiger partial charge in [-0.05, 0) is 22.4 Å². The SMILES string of the molecule is N#CCCCON=C1CCN(c2ncc(Br)cn2)CC1. The topological polar surface area (TPSA) is 74.4 Å². The van der Waals surface area contributed by atoms with Crippen molar-refractivity contribution in [3.05, 3.63) is 16.9 Å². The summed E-state index contributed by atoms with van der Waals surface area (Å²) in [5.41, 5.74) is 1.07. The number of nitrogens with zero attached hydrogens (tertiary/aromatic N) is 5. The average Bonchev–Trinajstić information content (AvgIpc) is 2.49. The van der Waals surface area contributed by atoms with Gasteiger partial charge in [0, 0.05) is 44.7 Å². The number of piperidine rings is 1. The highest BCUT2D eigenvalue weighted by Gasteiger charge is 2.17. The maximum absolute atomic E-state index is 8.41. The van der Waals surface area contributed by atoms with E-state index >= 15 is 0 Å². The van der Waals surface area contributed by atoms with Gasteiger partial charge in [0.1, 0.15) is 6.61 Å². The highest BCUT2D eigenvalue weighted by atomic mass is 79.9. The standard InChI is InChI=1S/C13H16BrN5O/c14-11-9-16-13(17-10-11)19-6-3-12(4-7-19)18-20-8-2-1-5-15/h9-10H,1-4,6-8H2. The van der Waals surface area contributed by atoms with E-state index in [4.69, 9.17) is 10.1 Å². The fourth-order valence-corrected chi connectivity index (χ4v) is 2.08. The second-order valence-electron chi connectivity index (χ2n) is 4.44. The predicted octanol–water partition coefficient (Wildman–Crippen LogP) is 2.52. The van der Waals surface area contributed by atoms with Crippen molar-refractivity contribution >= 4 is 27.6 Å². The molecule has 0 radical (unpaired) electrons. The van der Waals surface area contributed by atoms with Gasteiger partial charge in [-0.25, -0.2) is 9.97 Å². The van der Waals surface area contributed by atoms with Crippen molar-refractivity contribution < 1.29 is 4.84 Å². The van der Waals surface area contributed by atoms with Crippen LogP contribution in [-0.2, 0) is 4.84 Å². The van der Waals surface area contributed by atoms with Crippen molar-refractivity contribution in [3.63, 3.8) is 0 Å². The molecule has 0 unspecified atom stereocenters. The van der Waals surface area contributed by atoms with Crippen LogP contribution in [0.1, 0.15) is 25.7 Å². The van der Waals surface area contributed by atoms with E-state index in [1.54, 1.807) is 12.4 Å². The third-order valence-corrected chi connectivity index (χ3v) is 3.36. The van der Waals surface area contributed by atoms with E-state index in [0.29, 0.717) is 13.0 Å². The summed E-state index contributed by atoms with van der Waals surface area (Å²) in [6.07, 6.45) is 6.47. The van der Waals surface area contributed by atoms with Crippen LogP contribution in [0.15, 0.2) is 22.0 Å². The molecule has 20 heavy (non-hydrogen) atoms. The lowest BCUT2D eigenvalue weighted by Crippen LogP contribution is -2.35. The molecule has 1 aliphatic heterocycles. The molecule has 1 aromatic rings. The smallest absolute Gasteiger partial charge is 0.225 e. The van der Waals surface area contributed by atoms with Crippen LogP contribution in [0, 0.1) is 11.3 Å². The lowest BCUT2D eigenvalue weighted by Gasteiger charge is -2.27. The van der Waals surface area contributed by atoms with Crippen LogP contribution in [0.4, 0.5) is 5.95 Å². The largest absolute Gasteiger partial charge is 0.396 e. The fraction of sp³-hybridized carbons (Fsp3) is 0.538. The Labute approximate surface area is 126 Å². The molecule has 2 rings (SSSR count). The van der Waals surface area contributed by atoms with E-state index in [1.807, 2.05) is 0 Å². The number of hydrogen-bond acceptors (Lipinski definition) is 6. The van der Waals surface area contributed by atoms with Gasteiger partial charge >= 0.3 is 0 Å². The first-order valence-corrected chi connectivity index (χ1v) is 7.36. The van der Waals surface area contributed by atoms with Crippen molar-refractivity contribution in [1.29, 1.82) is 5.26 Å². The van der Waals surface area contributed by atoms with Crippen molar-refractivity contribution in [2.45, 2.75) is 25.7 Å². The van der Waals surface area contributed by atoms with Gasteiger partial charge in [-0.3, -0.25) is 0 Å². The van der Waals surface area contributed by atoms with Crippen molar-refractivity contribution in [2.75, 3.05) is 24.6 Å². The lowest BCUT2D eigenvalue weighted by atomic mass is 10.1. The van der Waals surface area contributed by atoms with E-state index in [1.165, 1.54) is 0 Å². The molecule has 0 atom stereocenters. The summed E-state index contributed by atoms with van der Waals surface area (Å²) >= 11 is 3.33. The average molecular weight is 338 g/mol. The Bertz CT molecular complexity index is 486. The van der Waals surface area contributed by atoms with Gasteiger partial charge in [0.15, 0.2) is 0 Å². The first-order valence-electron chi connectivity index (χ1n) is 6.57. The summed E-state index contributed by atoms with van der Waals surface area (Å²) in [4.78, 5) is 15.9. The maximum atomic E-state index is 8.41. The number of aromatic nitrogens is 2. The molecule has 0 N–H and O–H groups in total. The molecule has 1 saturated heterocycles. The quantitative estimate of drug-likeness (QED) is 0.609. The molecule has 6 nitrogen and oxygen atoms in total. The van der Waals surface area contributed by atoms with E-state index in [0.717, 1.165) is 48.5 Å². The molecule has 1 aromatic heterocycles. The molecule has 7 heteroatoms. The predicted molar refractivity (Wildman–Crippen MR) is 79.4 cm³/mol. The van der Waals surface area contributed by atoms with Gasteiger partial charge in [-0.1, -0.05) is 5.16 Å². The molecule has 106 valence electrons. The second kappa shape index (κ2) is 7.80. The van der Waals surface area contributed by atoms with Crippen LogP contribution < -0.4 is 4.90 Å². The van der Waals surface area contributed by atoms with Gasteiger partial charge in [0.2, 0.25) is 5.95 Å². The van der Waals surface area contributed by atoms with Crippen LogP contribution in [0.25, 0.3) is 0 Å². The van der Waals surface area contributed by atoms with Gasteiger partial charge < -0.3 is 9.74 Å². The number of halogens is 1. The van der Waals surface area contributed by atoms with Crippen molar-refractivity contribution in [1.82, 2.24) is 9.97 Å². The normalized spacial score (nSPS) is 14.8. The van der Waals surface area contributed by atoms with Crippen LogP contribution in [0.3, 0.4) is 0 Å². The first kappa shape index (κ1) is 14.7. The Kier molecular flexibility index (Phi) is 5.74. The molecule has 1 aliphatic rings. The molecule has 0 spiro atoms. The molecular weight excluding hydrogens is 322 g/mol. The lowest BCUT2D eigenvalue weighted by molar-refractivity contribution is 0.141. The van der Waals surface area contributed by atoms with E-state index < -0.39 is 0 Å². The Morgan fingerprint density at radius 3 is 2.70 bits per heavy atom. The van der Waals surface area contributed by atoms with Crippen molar-refractivity contribution in [3.8, 4) is 6.07 Å². The summed E-state index contributed by atoms with van der Waals surface area (Å²) in [7, 11) is 0. The molecule has 0 aromatic carbocycles. The van der Waals surface area contributed by atoms with Crippen molar-refractivity contribution in [2.24, 2.45) is 5.16 Å². The van der Waals surface area contributed by atoms with Gasteiger partial charge in [0.05, 0.1) is 16.3 Å². The van der Waals surface area contributed by atoms with Gasteiger partial charge in [0.25, 0.3) is 0 Å². The minimum atomic E-state index is 0.511. The van der Waals surface area contributed by atoms with E-state index in [2.05, 4.69) is 42.0 Å². The molecule has 2 heterocycles. The maximum Gasteiger partial charge on any atom is 0.225 e. The summed E-state index contributed by atoms with van der Waals surface area (Å²) in [5.74, 6) is 0.752. The molecule has 0 amide bonds. The van der Waals surface area contributed by atoms with Crippen LogP contribution in [0.2, 0.25) is 0 Å². The highest BCUT2D eigenvalue weighted by molar-refractivity contribution is 9.10. The molecule has 0 bridgehead atoms. The minimum Gasteiger partial charge on any atom is -0.396 e. The zero-order chi connectivity index (χ0) is 14.2. The zero-order valence-electron chi connectivity index (χ0n) is 11.1. The number of anilines is 1. The first-order chi connectivity index (χ1) is 9.79. The van der Waals surface area contributed by atoms with Gasteiger partial charge in [-0.2, -0.15) is 5.26 Å². The molecule has 1 fully saturated rings. The minimum absolute atomic E-state index is 0.511. The number of hydrogen-bond donors (Lipinski definition) is 0. The van der Waals surface area contributed by atoms with Crippen LogP contribution in [0.5, 0.6) is 0 Å². The Morgan fingerprint density at radius 2 is 2.05 bits per heavy atom. The summed E-state index contributed by atoms with van der Waals surface area (Å²) < 4.78 is 0.881. The molecule has 0 aliphatic carbocycles. The van der Waals surface area contributed by atoms with Crippen LogP contribution >= 0.6 is 15.9 Å². The summed E-state index contributed by atoms with van der Waals surface area (Å²) in [5, 5.41) is 12.5. The number of rotatable bonds is 5. The summed E-state index contributed by atoms with van der Waals surface area (Å²) in [6, 6.07) is 2.08. The fourth-order valence-electron chi connectivity index (χ4n) is 1.88.